The normalized spacial score (nSPS) is 30.3. The molecule has 4 aliphatic rings. The second-order valence-electron chi connectivity index (χ2n) is 11.6. The molecule has 10 nitrogen and oxygen atoms in total. The van der Waals surface area contributed by atoms with E-state index in [0.29, 0.717) is 16.6 Å². The predicted molar refractivity (Wildman–Crippen MR) is 167 cm³/mol. The van der Waals surface area contributed by atoms with E-state index in [1.807, 2.05) is 0 Å². The largest absolute Gasteiger partial charge is 0.504 e. The topological polar surface area (TPSA) is 120 Å². The number of nitrogens with zero attached hydrogens (tertiary/aromatic N) is 4. The van der Waals surface area contributed by atoms with E-state index in [1.165, 1.54) is 19.2 Å². The Kier molecular flexibility index (Phi) is 8.29. The molecule has 0 unspecified atom stereocenters. The van der Waals surface area contributed by atoms with Gasteiger partial charge in [0, 0.05) is 18.5 Å². The van der Waals surface area contributed by atoms with E-state index in [1.54, 1.807) is 19.1 Å². The number of amides is 4. The monoisotopic (exact) mass is 778 g/mol. The van der Waals surface area contributed by atoms with Gasteiger partial charge in [0.15, 0.2) is 27.1 Å². The summed E-state index contributed by atoms with van der Waals surface area (Å²) >= 11 is 23.7. The van der Waals surface area contributed by atoms with Crippen molar-refractivity contribution in [2.24, 2.45) is 17.8 Å². The zero-order valence-electron chi connectivity index (χ0n) is 24.5. The minimum Gasteiger partial charge on any atom is -0.504 e. The van der Waals surface area contributed by atoms with Gasteiger partial charge in [0.25, 0.3) is 23.6 Å². The van der Waals surface area contributed by atoms with E-state index >= 15 is 0 Å². The highest BCUT2D eigenvalue weighted by molar-refractivity contribution is 9.09. The number of hydrazine groups is 1. The maximum Gasteiger partial charge on any atom is 0.433 e. The number of anilines is 1. The van der Waals surface area contributed by atoms with Gasteiger partial charge in [0.1, 0.15) is 5.69 Å². The molecule has 1 aromatic heterocycles. The van der Waals surface area contributed by atoms with Gasteiger partial charge in [-0.25, -0.2) is 4.98 Å². The van der Waals surface area contributed by atoms with Crippen LogP contribution < -0.4 is 9.75 Å². The average Bonchev–Trinajstić information content (AvgIpc) is 3.35. The Hall–Kier alpha value is -3.07. The highest BCUT2D eigenvalue weighted by Gasteiger charge is 2.76. The van der Waals surface area contributed by atoms with Crippen LogP contribution in [0.1, 0.15) is 36.9 Å². The number of carbonyl (C=O) groups excluding carboxylic acids is 4. The Bertz CT molecular complexity index is 1760. The predicted octanol–water partition coefficient (Wildman–Crippen LogP) is 5.62. The molecule has 3 heterocycles. The van der Waals surface area contributed by atoms with Gasteiger partial charge in [-0.15, -0.1) is 23.2 Å². The summed E-state index contributed by atoms with van der Waals surface area (Å²) in [6.45, 7) is 1.90. The number of likely N-dealkylation sites (tertiary alicyclic amines) is 1. The van der Waals surface area contributed by atoms with Gasteiger partial charge in [-0.2, -0.15) is 18.2 Å². The number of aromatic hydroxyl groups is 1. The van der Waals surface area contributed by atoms with E-state index in [0.717, 1.165) is 16.0 Å². The summed E-state index contributed by atoms with van der Waals surface area (Å²) in [5.74, 6) is -8.28. The molecule has 2 aromatic rings. The van der Waals surface area contributed by atoms with Crippen molar-refractivity contribution in [1.29, 1.82) is 0 Å². The van der Waals surface area contributed by atoms with Crippen molar-refractivity contribution in [1.82, 2.24) is 14.9 Å². The Labute approximate surface area is 289 Å². The molecule has 47 heavy (non-hydrogen) atoms. The van der Waals surface area contributed by atoms with Crippen molar-refractivity contribution in [2.45, 2.75) is 41.6 Å². The number of pyridine rings is 1. The fourth-order valence-corrected chi connectivity index (χ4v) is 8.98. The molecule has 17 heteroatoms. The number of fused-ring (bicyclic) bond motifs is 4. The molecule has 0 bridgehead atoms. The summed E-state index contributed by atoms with van der Waals surface area (Å²) < 4.78 is 46.1. The zero-order valence-corrected chi connectivity index (χ0v) is 28.4. The van der Waals surface area contributed by atoms with Gasteiger partial charge in [-0.05, 0) is 43.9 Å². The summed E-state index contributed by atoms with van der Waals surface area (Å²) in [4.78, 5) is 56.0. The number of rotatable bonds is 6. The third-order valence-electron chi connectivity index (χ3n) is 9.36. The van der Waals surface area contributed by atoms with Crippen LogP contribution in [0.4, 0.5) is 19.0 Å². The number of hydrogen-bond donors (Lipinski definition) is 1. The van der Waals surface area contributed by atoms with Gasteiger partial charge in [0.2, 0.25) is 0 Å². The molecule has 2 saturated heterocycles. The molecule has 0 radical (unpaired) electrons. The molecule has 2 aliphatic heterocycles. The first-order valence-corrected chi connectivity index (χ1v) is 16.6. The van der Waals surface area contributed by atoms with E-state index in [9.17, 15) is 37.5 Å². The van der Waals surface area contributed by atoms with E-state index in [-0.39, 0.29) is 47.0 Å². The number of hydrogen-bond acceptors (Lipinski definition) is 8. The van der Waals surface area contributed by atoms with Crippen molar-refractivity contribution in [3.8, 4) is 11.5 Å². The minimum absolute atomic E-state index is 0.0237. The van der Waals surface area contributed by atoms with Gasteiger partial charge >= 0.3 is 6.18 Å². The smallest absolute Gasteiger partial charge is 0.433 e. The molecule has 2 aliphatic carbocycles. The van der Waals surface area contributed by atoms with Crippen LogP contribution in [-0.2, 0) is 25.4 Å². The molecule has 250 valence electrons. The lowest BCUT2D eigenvalue weighted by molar-refractivity contribution is -0.142. The number of phenolic OH excluding ortho intramolecular Hbond substituents is 1. The van der Waals surface area contributed by atoms with Crippen LogP contribution in [0.3, 0.4) is 0 Å². The van der Waals surface area contributed by atoms with Crippen molar-refractivity contribution < 1.29 is 42.2 Å². The summed E-state index contributed by atoms with van der Waals surface area (Å²) in [5.41, 5.74) is -0.993. The van der Waals surface area contributed by atoms with Gasteiger partial charge < -0.3 is 9.84 Å². The Morgan fingerprint density at radius 3 is 2.45 bits per heavy atom. The van der Waals surface area contributed by atoms with Crippen molar-refractivity contribution in [3.05, 3.63) is 58.3 Å². The number of imide groups is 2. The maximum atomic E-state index is 14.2. The highest BCUT2D eigenvalue weighted by atomic mass is 79.9. The van der Waals surface area contributed by atoms with Crippen LogP contribution in [0.25, 0.3) is 0 Å². The van der Waals surface area contributed by atoms with Crippen molar-refractivity contribution in [3.63, 3.8) is 0 Å². The second-order valence-corrected chi connectivity index (χ2v) is 13.8. The fraction of sp³-hybridized carbons (Fsp3) is 0.433. The Morgan fingerprint density at radius 1 is 1.11 bits per heavy atom. The molecule has 6 rings (SSSR count). The van der Waals surface area contributed by atoms with Crippen LogP contribution in [0.2, 0.25) is 5.02 Å². The van der Waals surface area contributed by atoms with E-state index < -0.39 is 74.7 Å². The molecule has 6 atom stereocenters. The average molecular weight is 781 g/mol. The van der Waals surface area contributed by atoms with Crippen molar-refractivity contribution >= 4 is 80.2 Å². The lowest BCUT2D eigenvalue weighted by Gasteiger charge is -2.50. The maximum absolute atomic E-state index is 14.2. The Balaban J connectivity index is 1.48. The number of halogens is 7. The SMILES string of the molecule is CCOc1cccc([C@H]2C3=CC[C@@H]4C(=O)N(N(C)c5nc(C(F)(F)F)ccc5Cl)C(=O)[C@@H]4[C@@H]3C[C@@]3(Cl)C(=O)N(CBr)C(=O)[C@@]23Cl)c1O. The molecule has 1 N–H and O–H groups in total. The molecular weight excluding hydrogens is 756 g/mol. The molecule has 1 aromatic carbocycles. The number of phenols is 1. The highest BCUT2D eigenvalue weighted by Crippen LogP contribution is 2.66. The second kappa shape index (κ2) is 11.5. The number of ether oxygens (including phenoxy) is 1. The summed E-state index contributed by atoms with van der Waals surface area (Å²) in [7, 11) is 1.19. The standard InChI is InChI=1S/C30H25BrCl3F3N4O6/c1-3-47-18-6-4-5-15(22(18)42)21-13-7-8-14-20(16(13)11-28(33)26(45)40(12-31)27(46)29(21,28)34)25(44)41(24(14)43)39(2)23-17(32)9-10-19(38-23)30(35,36)37/h4-7,9-10,14,16,20-21,42H,3,8,11-12H2,1-2H3/t14-,16+,20-,21+,28+,29-/m0/s1. The Morgan fingerprint density at radius 2 is 1.81 bits per heavy atom. The first kappa shape index (κ1) is 33.8. The van der Waals surface area contributed by atoms with E-state index in [4.69, 9.17) is 39.5 Å². The lowest BCUT2D eigenvalue weighted by Crippen LogP contribution is -2.60. The lowest BCUT2D eigenvalue weighted by atomic mass is 9.56. The number of para-hydroxylation sites is 1. The quantitative estimate of drug-likeness (QED) is 0.174. The minimum atomic E-state index is -4.83. The molecule has 4 amide bonds. The summed E-state index contributed by atoms with van der Waals surface area (Å²) in [6.07, 6.45) is -3.53. The molecule has 0 spiro atoms. The van der Waals surface area contributed by atoms with Gasteiger partial charge in [-0.1, -0.05) is 51.3 Å². The van der Waals surface area contributed by atoms with Gasteiger partial charge in [0.05, 0.1) is 28.9 Å². The first-order chi connectivity index (χ1) is 22.0. The number of carbonyl (C=O) groups is 4. The van der Waals surface area contributed by atoms with Crippen LogP contribution in [0.5, 0.6) is 11.5 Å². The van der Waals surface area contributed by atoms with Crippen molar-refractivity contribution in [2.75, 3.05) is 24.1 Å². The van der Waals surface area contributed by atoms with Gasteiger partial charge in [-0.3, -0.25) is 29.1 Å². The first-order valence-electron chi connectivity index (χ1n) is 14.3. The molecule has 1 saturated carbocycles. The van der Waals surface area contributed by atoms with Crippen LogP contribution in [-0.4, -0.2) is 72.5 Å². The number of aromatic nitrogens is 1. The van der Waals surface area contributed by atoms with Crippen LogP contribution in [0.15, 0.2) is 42.0 Å². The molecular formula is C30H25BrCl3F3N4O6. The summed E-state index contributed by atoms with van der Waals surface area (Å²) in [5, 5.41) is 12.7. The number of alkyl halides is 6. The fourth-order valence-electron chi connectivity index (χ4n) is 7.33. The summed E-state index contributed by atoms with van der Waals surface area (Å²) in [6, 6.07) is 6.23. The molecule has 3 fully saturated rings. The number of benzene rings is 1. The third kappa shape index (κ3) is 4.68. The third-order valence-corrected chi connectivity index (χ3v) is 11.6. The zero-order chi connectivity index (χ0) is 34.4. The van der Waals surface area contributed by atoms with E-state index in [2.05, 4.69) is 20.9 Å². The van der Waals surface area contributed by atoms with Crippen LogP contribution in [0, 0.1) is 17.8 Å². The number of allylic oxidation sites excluding steroid dienone is 2. The van der Waals surface area contributed by atoms with Crippen LogP contribution >= 0.6 is 50.7 Å².